The van der Waals surface area contributed by atoms with Gasteiger partial charge in [-0.3, -0.25) is 19.9 Å². The van der Waals surface area contributed by atoms with Gasteiger partial charge in [0.05, 0.1) is 11.1 Å². The third kappa shape index (κ3) is 2.26. The summed E-state index contributed by atoms with van der Waals surface area (Å²) in [5.74, 6) is -0.980. The number of hydrogen-bond donors (Lipinski definition) is 2. The number of imide groups is 1. The summed E-state index contributed by atoms with van der Waals surface area (Å²) in [5.41, 5.74) is 7.31. The van der Waals surface area contributed by atoms with Gasteiger partial charge in [0.1, 0.15) is 11.9 Å². The quantitative estimate of drug-likeness (QED) is 0.512. The first kappa shape index (κ1) is 14.0. The summed E-state index contributed by atoms with van der Waals surface area (Å²) < 4.78 is 0. The number of carbonyl (C=O) groups is 2. The van der Waals surface area contributed by atoms with Crippen LogP contribution < -0.4 is 5.73 Å². The van der Waals surface area contributed by atoms with Crippen molar-refractivity contribution in [2.75, 3.05) is 0 Å². The van der Waals surface area contributed by atoms with Crippen LogP contribution in [0.25, 0.3) is 0 Å². The van der Waals surface area contributed by atoms with Gasteiger partial charge in [0.25, 0.3) is 11.8 Å². The van der Waals surface area contributed by atoms with Crippen LogP contribution in [0.4, 0.5) is 0 Å². The van der Waals surface area contributed by atoms with Crippen LogP contribution in [0.5, 0.6) is 0 Å². The molecule has 2 amide bonds. The lowest BCUT2D eigenvalue weighted by molar-refractivity contribution is 0.0624. The minimum absolute atomic E-state index is 0.196. The van der Waals surface area contributed by atoms with E-state index in [1.807, 2.05) is 30.3 Å². The lowest BCUT2D eigenvalue weighted by Gasteiger charge is -2.25. The van der Waals surface area contributed by atoms with Crippen molar-refractivity contribution in [1.29, 1.82) is 5.41 Å². The van der Waals surface area contributed by atoms with Gasteiger partial charge in [-0.05, 0) is 17.7 Å². The summed E-state index contributed by atoms with van der Waals surface area (Å²) in [5, 5.41) is 7.78. The smallest absolute Gasteiger partial charge is 0.262 e. The van der Waals surface area contributed by atoms with E-state index in [9.17, 15) is 9.59 Å². The molecule has 0 radical (unpaired) electrons. The van der Waals surface area contributed by atoms with Crippen LogP contribution in [0.3, 0.4) is 0 Å². The zero-order valence-corrected chi connectivity index (χ0v) is 11.8. The molecule has 1 heterocycles. The van der Waals surface area contributed by atoms with Gasteiger partial charge in [-0.15, -0.1) is 0 Å². The van der Waals surface area contributed by atoms with Crippen molar-refractivity contribution in [1.82, 2.24) is 4.90 Å². The average molecular weight is 293 g/mol. The van der Waals surface area contributed by atoms with Crippen molar-refractivity contribution >= 4 is 17.6 Å². The molecule has 0 fully saturated rings. The third-order valence-corrected chi connectivity index (χ3v) is 3.77. The minimum atomic E-state index is -0.769. The first-order chi connectivity index (χ1) is 10.6. The van der Waals surface area contributed by atoms with Gasteiger partial charge < -0.3 is 5.73 Å². The molecule has 0 aliphatic carbocycles. The van der Waals surface area contributed by atoms with Gasteiger partial charge in [-0.1, -0.05) is 42.5 Å². The van der Waals surface area contributed by atoms with E-state index in [2.05, 4.69) is 0 Å². The number of nitrogens with two attached hydrogens (primary N) is 1. The number of benzene rings is 2. The Balaban J connectivity index is 1.95. The Morgan fingerprint density at radius 2 is 1.45 bits per heavy atom. The molecule has 1 atom stereocenters. The number of fused-ring (bicyclic) bond motifs is 1. The summed E-state index contributed by atoms with van der Waals surface area (Å²) >= 11 is 0. The fraction of sp³-hybridized carbons (Fsp3) is 0.118. The van der Waals surface area contributed by atoms with Gasteiger partial charge in [-0.25, -0.2) is 0 Å². The Bertz CT molecular complexity index is 721. The molecule has 0 spiro atoms. The zero-order chi connectivity index (χ0) is 15.7. The van der Waals surface area contributed by atoms with Gasteiger partial charge in [-0.2, -0.15) is 0 Å². The highest BCUT2D eigenvalue weighted by molar-refractivity contribution is 6.22. The largest absolute Gasteiger partial charge is 0.386 e. The number of nitrogens with zero attached hydrogens (tertiary/aromatic N) is 1. The topological polar surface area (TPSA) is 87.2 Å². The van der Waals surface area contributed by atoms with Crippen molar-refractivity contribution in [3.63, 3.8) is 0 Å². The first-order valence-electron chi connectivity index (χ1n) is 6.94. The Hall–Kier alpha value is -2.95. The monoisotopic (exact) mass is 293 g/mol. The van der Waals surface area contributed by atoms with E-state index in [0.717, 1.165) is 10.5 Å². The second-order valence-electron chi connectivity index (χ2n) is 5.19. The molecule has 0 bridgehead atoms. The van der Waals surface area contributed by atoms with Crippen LogP contribution in [-0.2, 0) is 6.42 Å². The summed E-state index contributed by atoms with van der Waals surface area (Å²) in [4.78, 5) is 26.1. The van der Waals surface area contributed by atoms with Crippen molar-refractivity contribution in [3.05, 3.63) is 71.3 Å². The predicted octanol–water partition coefficient (Wildman–Crippen LogP) is 1.83. The van der Waals surface area contributed by atoms with Crippen LogP contribution in [-0.4, -0.2) is 28.6 Å². The summed E-state index contributed by atoms with van der Waals surface area (Å²) in [6.07, 6.45) is 0.335. The highest BCUT2D eigenvalue weighted by Gasteiger charge is 2.40. The first-order valence-corrected chi connectivity index (χ1v) is 6.94. The van der Waals surface area contributed by atoms with Crippen LogP contribution >= 0.6 is 0 Å². The fourth-order valence-corrected chi connectivity index (χ4v) is 2.67. The van der Waals surface area contributed by atoms with E-state index in [1.165, 1.54) is 0 Å². The Morgan fingerprint density at radius 3 is 1.95 bits per heavy atom. The number of amidine groups is 1. The Morgan fingerprint density at radius 1 is 0.955 bits per heavy atom. The van der Waals surface area contributed by atoms with Crippen molar-refractivity contribution < 1.29 is 9.59 Å². The second-order valence-corrected chi connectivity index (χ2v) is 5.19. The van der Waals surface area contributed by atoms with E-state index in [0.29, 0.717) is 17.5 Å². The van der Waals surface area contributed by atoms with Gasteiger partial charge in [0.15, 0.2) is 0 Å². The van der Waals surface area contributed by atoms with E-state index in [-0.39, 0.29) is 5.84 Å². The van der Waals surface area contributed by atoms with Crippen molar-refractivity contribution in [2.45, 2.75) is 12.5 Å². The standard InChI is InChI=1S/C17H15N3O2/c18-15(19)14(10-11-6-2-1-3-7-11)20-16(21)12-8-4-5-9-13(12)17(20)22/h1-9,14H,10H2,(H3,18,19). The van der Waals surface area contributed by atoms with Crippen LogP contribution in [0.2, 0.25) is 0 Å². The van der Waals surface area contributed by atoms with E-state index in [1.54, 1.807) is 24.3 Å². The average Bonchev–Trinajstić information content (AvgIpc) is 2.78. The lowest BCUT2D eigenvalue weighted by Crippen LogP contribution is -2.48. The molecule has 0 saturated heterocycles. The summed E-state index contributed by atoms with van der Waals surface area (Å²) in [7, 11) is 0. The van der Waals surface area contributed by atoms with Crippen LogP contribution in [0.15, 0.2) is 54.6 Å². The zero-order valence-electron chi connectivity index (χ0n) is 11.8. The van der Waals surface area contributed by atoms with Crippen molar-refractivity contribution in [2.24, 2.45) is 5.73 Å². The minimum Gasteiger partial charge on any atom is -0.386 e. The molecule has 22 heavy (non-hydrogen) atoms. The summed E-state index contributed by atoms with van der Waals surface area (Å²) in [6.45, 7) is 0. The maximum Gasteiger partial charge on any atom is 0.262 e. The van der Waals surface area contributed by atoms with Gasteiger partial charge in [0.2, 0.25) is 0 Å². The van der Waals surface area contributed by atoms with Crippen LogP contribution in [0, 0.1) is 5.41 Å². The molecule has 110 valence electrons. The normalized spacial score (nSPS) is 14.8. The fourth-order valence-electron chi connectivity index (χ4n) is 2.67. The van der Waals surface area contributed by atoms with E-state index < -0.39 is 17.9 Å². The molecule has 1 aliphatic rings. The molecular weight excluding hydrogens is 278 g/mol. The molecule has 2 aromatic carbocycles. The molecule has 3 N–H and O–H groups in total. The van der Waals surface area contributed by atoms with Crippen molar-refractivity contribution in [3.8, 4) is 0 Å². The molecular formula is C17H15N3O2. The second kappa shape index (κ2) is 5.44. The molecule has 5 heteroatoms. The number of amides is 2. The number of rotatable bonds is 4. The maximum atomic E-state index is 12.5. The molecule has 0 saturated carbocycles. The third-order valence-electron chi connectivity index (χ3n) is 3.77. The van der Waals surface area contributed by atoms with Crippen LogP contribution in [0.1, 0.15) is 26.3 Å². The highest BCUT2D eigenvalue weighted by atomic mass is 16.2. The van der Waals surface area contributed by atoms with E-state index in [4.69, 9.17) is 11.1 Å². The molecule has 0 aromatic heterocycles. The SMILES string of the molecule is N=C(N)C(Cc1ccccc1)N1C(=O)c2ccccc2C1=O. The Kier molecular flexibility index (Phi) is 3.47. The summed E-state index contributed by atoms with van der Waals surface area (Å²) in [6, 6.07) is 15.3. The predicted molar refractivity (Wildman–Crippen MR) is 82.8 cm³/mol. The highest BCUT2D eigenvalue weighted by Crippen LogP contribution is 2.25. The maximum absolute atomic E-state index is 12.5. The number of hydrogen-bond acceptors (Lipinski definition) is 3. The Labute approximate surface area is 127 Å². The molecule has 5 nitrogen and oxygen atoms in total. The molecule has 1 unspecified atom stereocenters. The van der Waals surface area contributed by atoms with Gasteiger partial charge >= 0.3 is 0 Å². The molecule has 1 aliphatic heterocycles. The lowest BCUT2D eigenvalue weighted by atomic mass is 10.0. The van der Waals surface area contributed by atoms with E-state index >= 15 is 0 Å². The van der Waals surface area contributed by atoms with Gasteiger partial charge in [0, 0.05) is 6.42 Å². The number of carbonyl (C=O) groups excluding carboxylic acids is 2. The molecule has 2 aromatic rings. The molecule has 3 rings (SSSR count). The number of nitrogens with one attached hydrogen (secondary N) is 1.